The lowest BCUT2D eigenvalue weighted by Crippen LogP contribution is -2.14. The largest absolute Gasteiger partial charge is 0.493 e. The van der Waals surface area contributed by atoms with Gasteiger partial charge in [0.25, 0.3) is 11.6 Å². The van der Waals surface area contributed by atoms with Crippen molar-refractivity contribution in [3.05, 3.63) is 62.1 Å². The van der Waals surface area contributed by atoms with Crippen LogP contribution < -0.4 is 19.5 Å². The summed E-state index contributed by atoms with van der Waals surface area (Å²) in [6.45, 7) is 0. The molecular weight excluding hydrogens is 486 g/mol. The van der Waals surface area contributed by atoms with E-state index in [0.29, 0.717) is 15.8 Å². The number of methoxy groups -OCH3 is 3. The summed E-state index contributed by atoms with van der Waals surface area (Å²) in [5.41, 5.74) is 0.426. The molecule has 3 rings (SSSR count). The number of amides is 1. The summed E-state index contributed by atoms with van der Waals surface area (Å²) >= 11 is 3.33. The van der Waals surface area contributed by atoms with E-state index < -0.39 is 10.8 Å². The number of nitrogens with zero attached hydrogens (tertiary/aromatic N) is 2. The number of nitro groups is 1. The van der Waals surface area contributed by atoms with Gasteiger partial charge in [0.2, 0.25) is 11.6 Å². The minimum atomic E-state index is -0.618. The summed E-state index contributed by atoms with van der Waals surface area (Å²) in [6.07, 6.45) is 0. The van der Waals surface area contributed by atoms with Crippen LogP contribution in [0.15, 0.2) is 45.3 Å². The summed E-state index contributed by atoms with van der Waals surface area (Å²) in [4.78, 5) is 23.5. The number of carbonyl (C=O) groups excluding carboxylic acids is 1. The quantitative estimate of drug-likeness (QED) is 0.361. The molecule has 1 heterocycles. The fraction of sp³-hybridized carbons (Fsp3) is 0.143. The smallest absolute Gasteiger partial charge is 0.270 e. The van der Waals surface area contributed by atoms with Gasteiger partial charge in [-0.1, -0.05) is 12.1 Å². The Morgan fingerprint density at radius 3 is 2.47 bits per heavy atom. The highest BCUT2D eigenvalue weighted by atomic mass is 79.9. The van der Waals surface area contributed by atoms with Crippen molar-refractivity contribution in [1.82, 2.24) is 0 Å². The molecule has 0 atom stereocenters. The summed E-state index contributed by atoms with van der Waals surface area (Å²) < 4.78 is 21.8. The van der Waals surface area contributed by atoms with Gasteiger partial charge in [0.05, 0.1) is 36.3 Å². The Hall–Kier alpha value is -4.04. The monoisotopic (exact) mass is 501 g/mol. The van der Waals surface area contributed by atoms with E-state index in [2.05, 4.69) is 21.2 Å². The second kappa shape index (κ2) is 9.40. The van der Waals surface area contributed by atoms with Crippen LogP contribution in [0, 0.1) is 21.4 Å². The molecule has 3 aromatic rings. The lowest BCUT2D eigenvalue weighted by atomic mass is 10.1. The van der Waals surface area contributed by atoms with Crippen LogP contribution in [-0.2, 0) is 0 Å². The maximum atomic E-state index is 13.0. The fourth-order valence-corrected chi connectivity index (χ4v) is 3.58. The molecule has 10 nitrogen and oxygen atoms in total. The molecule has 11 heteroatoms. The highest BCUT2D eigenvalue weighted by molar-refractivity contribution is 9.10. The van der Waals surface area contributed by atoms with E-state index in [1.54, 1.807) is 6.07 Å². The van der Waals surface area contributed by atoms with Gasteiger partial charge in [-0.3, -0.25) is 20.2 Å². The minimum Gasteiger partial charge on any atom is -0.493 e. The zero-order valence-electron chi connectivity index (χ0n) is 17.1. The van der Waals surface area contributed by atoms with Crippen molar-refractivity contribution in [2.75, 3.05) is 26.6 Å². The minimum absolute atomic E-state index is 0.0448. The zero-order chi connectivity index (χ0) is 23.4. The van der Waals surface area contributed by atoms with Crippen LogP contribution in [0.4, 0.5) is 11.6 Å². The SMILES string of the molecule is COc1cc(C(=O)Nc2oc(-c3cccc([N+](=O)[O-])c3)cc2C#N)c(Br)c(OC)c1OC. The molecule has 0 spiro atoms. The predicted molar refractivity (Wildman–Crippen MR) is 117 cm³/mol. The average molecular weight is 502 g/mol. The Morgan fingerprint density at radius 2 is 1.88 bits per heavy atom. The van der Waals surface area contributed by atoms with Crippen LogP contribution in [0.3, 0.4) is 0 Å². The van der Waals surface area contributed by atoms with Gasteiger partial charge in [0.15, 0.2) is 11.5 Å². The number of hydrogen-bond donors (Lipinski definition) is 1. The number of ether oxygens (including phenoxy) is 3. The summed E-state index contributed by atoms with van der Waals surface area (Å²) in [5, 5.41) is 23.0. The third kappa shape index (κ3) is 4.21. The van der Waals surface area contributed by atoms with Crippen molar-refractivity contribution in [1.29, 1.82) is 5.26 Å². The molecule has 0 aliphatic carbocycles. The molecule has 0 fully saturated rings. The van der Waals surface area contributed by atoms with Crippen LogP contribution in [0.2, 0.25) is 0 Å². The van der Waals surface area contributed by atoms with Crippen molar-refractivity contribution in [2.45, 2.75) is 0 Å². The molecule has 32 heavy (non-hydrogen) atoms. The molecule has 1 N–H and O–H groups in total. The first-order valence-electron chi connectivity index (χ1n) is 8.93. The average Bonchev–Trinajstić information content (AvgIpc) is 3.21. The Bertz CT molecular complexity index is 1250. The third-order valence-corrected chi connectivity index (χ3v) is 5.22. The van der Waals surface area contributed by atoms with Crippen LogP contribution in [-0.4, -0.2) is 32.2 Å². The standard InChI is InChI=1S/C21H16BrN3O7/c1-29-16-9-14(17(22)19(31-3)18(16)30-2)20(26)24-21-12(10-23)8-15(32-21)11-5-4-6-13(7-11)25(27)28/h4-9H,1-3H3,(H,24,26). The molecule has 0 radical (unpaired) electrons. The molecule has 0 saturated carbocycles. The predicted octanol–water partition coefficient (Wildman–Crippen LogP) is 4.77. The number of hydrogen-bond acceptors (Lipinski definition) is 8. The number of rotatable bonds is 7. The summed E-state index contributed by atoms with van der Waals surface area (Å²) in [7, 11) is 4.26. The van der Waals surface area contributed by atoms with Crippen molar-refractivity contribution in [2.24, 2.45) is 0 Å². The number of anilines is 1. The number of benzene rings is 2. The number of nitrogens with one attached hydrogen (secondary N) is 1. The number of nitriles is 1. The van der Waals surface area contributed by atoms with Crippen molar-refractivity contribution >= 4 is 33.4 Å². The van der Waals surface area contributed by atoms with Gasteiger partial charge >= 0.3 is 0 Å². The first kappa shape index (κ1) is 22.6. The maximum absolute atomic E-state index is 13.0. The summed E-state index contributed by atoms with van der Waals surface area (Å²) in [5.74, 6) is 0.253. The first-order chi connectivity index (χ1) is 15.3. The molecular formula is C21H16BrN3O7. The summed E-state index contributed by atoms with van der Waals surface area (Å²) in [6, 6.07) is 10.5. The molecule has 1 aromatic heterocycles. The van der Waals surface area contributed by atoms with E-state index in [-0.39, 0.29) is 40.0 Å². The first-order valence-corrected chi connectivity index (χ1v) is 9.72. The third-order valence-electron chi connectivity index (χ3n) is 4.44. The van der Waals surface area contributed by atoms with E-state index >= 15 is 0 Å². The molecule has 2 aromatic carbocycles. The molecule has 0 saturated heterocycles. The molecule has 1 amide bonds. The topological polar surface area (TPSA) is 137 Å². The Balaban J connectivity index is 2.00. The number of carbonyl (C=O) groups is 1. The van der Waals surface area contributed by atoms with Gasteiger partial charge in [0.1, 0.15) is 17.4 Å². The molecule has 0 bridgehead atoms. The number of nitro benzene ring substituents is 1. The molecule has 164 valence electrons. The Kier molecular flexibility index (Phi) is 6.65. The van der Waals surface area contributed by atoms with Crippen LogP contribution in [0.5, 0.6) is 17.2 Å². The van der Waals surface area contributed by atoms with Gasteiger partial charge in [-0.2, -0.15) is 5.26 Å². The van der Waals surface area contributed by atoms with Crippen molar-refractivity contribution in [3.8, 4) is 34.6 Å². The fourth-order valence-electron chi connectivity index (χ4n) is 2.94. The second-order valence-corrected chi connectivity index (χ2v) is 7.03. The number of furan rings is 1. The van der Waals surface area contributed by atoms with Gasteiger partial charge in [-0.05, 0) is 22.0 Å². The molecule has 0 unspecified atom stereocenters. The van der Waals surface area contributed by atoms with E-state index in [1.807, 2.05) is 6.07 Å². The normalized spacial score (nSPS) is 10.2. The van der Waals surface area contributed by atoms with Crippen LogP contribution in [0.1, 0.15) is 15.9 Å². The van der Waals surface area contributed by atoms with E-state index in [1.165, 1.54) is 51.7 Å². The van der Waals surface area contributed by atoms with Crippen LogP contribution in [0.25, 0.3) is 11.3 Å². The number of non-ortho nitro benzene ring substituents is 1. The van der Waals surface area contributed by atoms with Gasteiger partial charge in [0, 0.05) is 23.8 Å². The Morgan fingerprint density at radius 1 is 1.16 bits per heavy atom. The van der Waals surface area contributed by atoms with Gasteiger partial charge < -0.3 is 18.6 Å². The maximum Gasteiger partial charge on any atom is 0.270 e. The lowest BCUT2D eigenvalue weighted by Gasteiger charge is -2.16. The highest BCUT2D eigenvalue weighted by Gasteiger charge is 2.24. The number of halogens is 1. The highest BCUT2D eigenvalue weighted by Crippen LogP contribution is 2.45. The van der Waals surface area contributed by atoms with Gasteiger partial charge in [-0.25, -0.2) is 0 Å². The molecule has 0 aliphatic rings. The zero-order valence-corrected chi connectivity index (χ0v) is 18.7. The van der Waals surface area contributed by atoms with Crippen molar-refractivity contribution in [3.63, 3.8) is 0 Å². The van der Waals surface area contributed by atoms with E-state index in [9.17, 15) is 20.2 Å². The Labute approximate surface area is 190 Å². The van der Waals surface area contributed by atoms with Crippen LogP contribution >= 0.6 is 15.9 Å². The lowest BCUT2D eigenvalue weighted by molar-refractivity contribution is -0.384. The van der Waals surface area contributed by atoms with Crippen molar-refractivity contribution < 1.29 is 28.3 Å². The second-order valence-electron chi connectivity index (χ2n) is 6.23. The molecule has 0 aliphatic heterocycles. The van der Waals surface area contributed by atoms with E-state index in [4.69, 9.17) is 18.6 Å². The van der Waals surface area contributed by atoms with E-state index in [0.717, 1.165) is 0 Å². The van der Waals surface area contributed by atoms with Gasteiger partial charge in [-0.15, -0.1) is 0 Å².